The smallest absolute Gasteiger partial charge is 0.0657 e. The molecule has 71 heavy (non-hydrogen) atoms. The second-order valence-corrected chi connectivity index (χ2v) is 24.9. The highest BCUT2D eigenvalue weighted by molar-refractivity contribution is 5.69. The minimum Gasteiger partial charge on any atom is -0.373 e. The number of allylic oxidation sites excluding steroid dienone is 2. The Morgan fingerprint density at radius 1 is 0.338 bits per heavy atom. The van der Waals surface area contributed by atoms with Gasteiger partial charge in [-0.25, -0.2) is 0 Å². The van der Waals surface area contributed by atoms with Gasteiger partial charge in [-0.3, -0.25) is 0 Å². The van der Waals surface area contributed by atoms with Crippen LogP contribution in [0.2, 0.25) is 0 Å². The molecule has 0 aromatic heterocycles. The summed E-state index contributed by atoms with van der Waals surface area (Å²) < 4.78 is 6.69. The zero-order valence-electron chi connectivity index (χ0n) is 47.5. The van der Waals surface area contributed by atoms with Gasteiger partial charge in [0.1, 0.15) is 0 Å². The van der Waals surface area contributed by atoms with Crippen LogP contribution in [0.1, 0.15) is 294 Å². The Morgan fingerprint density at radius 3 is 0.930 bits per heavy atom. The molecule has 400 valence electrons. The van der Waals surface area contributed by atoms with Crippen LogP contribution < -0.4 is 0 Å². The Bertz CT molecular complexity index is 1540. The highest BCUT2D eigenvalue weighted by atomic mass is 16.5. The Balaban J connectivity index is 1.04. The van der Waals surface area contributed by atoms with Crippen molar-refractivity contribution in [1.29, 1.82) is 0 Å². The molecule has 4 saturated carbocycles. The molecule has 0 saturated heterocycles. The third-order valence-corrected chi connectivity index (χ3v) is 19.5. The van der Waals surface area contributed by atoms with Gasteiger partial charge in [0.05, 0.1) is 13.2 Å². The van der Waals surface area contributed by atoms with E-state index in [1.54, 1.807) is 22.3 Å². The quantitative estimate of drug-likeness (QED) is 0.0635. The first kappa shape index (κ1) is 58.1. The molecule has 6 rings (SSSR count). The Kier molecular flexibility index (Phi) is 28.8. The predicted octanol–water partition coefficient (Wildman–Crippen LogP) is 22.1. The number of ether oxygens (including phenoxy) is 1. The van der Waals surface area contributed by atoms with E-state index in [2.05, 4.69) is 88.4 Å². The van der Waals surface area contributed by atoms with E-state index in [-0.39, 0.29) is 0 Å². The van der Waals surface area contributed by atoms with Crippen LogP contribution in [0.3, 0.4) is 0 Å². The molecule has 4 aliphatic carbocycles. The Hall–Kier alpha value is -2.12. The lowest BCUT2D eigenvalue weighted by atomic mass is 9.75. The van der Waals surface area contributed by atoms with Gasteiger partial charge >= 0.3 is 0 Å². The zero-order chi connectivity index (χ0) is 49.6. The molecule has 1 heteroatoms. The molecular weight excluding hydrogens is 857 g/mol. The summed E-state index contributed by atoms with van der Waals surface area (Å²) in [5.41, 5.74) is 9.15. The lowest BCUT2D eigenvalue weighted by Gasteiger charge is -2.31. The van der Waals surface area contributed by atoms with Gasteiger partial charge in [-0.05, 0) is 158 Å². The second kappa shape index (κ2) is 35.2. The summed E-state index contributed by atoms with van der Waals surface area (Å²) in [7, 11) is 0. The van der Waals surface area contributed by atoms with Crippen molar-refractivity contribution >= 4 is 11.1 Å². The summed E-state index contributed by atoms with van der Waals surface area (Å²) in [4.78, 5) is 0. The van der Waals surface area contributed by atoms with E-state index >= 15 is 0 Å². The summed E-state index contributed by atoms with van der Waals surface area (Å²) >= 11 is 0. The van der Waals surface area contributed by atoms with Gasteiger partial charge in [-0.15, -0.1) is 0 Å². The lowest BCUT2D eigenvalue weighted by molar-refractivity contribution is 0.193. The van der Waals surface area contributed by atoms with Crippen molar-refractivity contribution in [3.63, 3.8) is 0 Å². The monoisotopic (exact) mass is 971 g/mol. The minimum atomic E-state index is 0.658. The number of benzene rings is 2. The molecule has 1 nitrogen and oxygen atoms in total. The van der Waals surface area contributed by atoms with Gasteiger partial charge in [0.2, 0.25) is 0 Å². The van der Waals surface area contributed by atoms with Gasteiger partial charge in [0.15, 0.2) is 0 Å². The number of aryl methyl sites for hydroxylation is 2. The standard InChI is InChI=1S/C70H114O/c1-5-9-13-15-19-23-57-25-29-61(30-26-57)33-35-63-41-49-67(50-42-63)69(65-45-37-59(38-46-65)21-17-11-7-3)53-55-71-56-54-70(66-47-39-60(40-48-66)22-18-12-8-4)68-51-43-64(44-52-68)36-34-62-31-27-58(28-32-62)24-20-16-14-10-6-2/h41-44,49-54,57-62,65-66H,5-40,45-48,55-56H2,1-4H3. The Morgan fingerprint density at radius 2 is 0.606 bits per heavy atom. The fraction of sp³-hybridized carbons (Fsp3) is 0.771. The lowest BCUT2D eigenvalue weighted by Crippen LogP contribution is -2.17. The van der Waals surface area contributed by atoms with E-state index in [4.69, 9.17) is 4.74 Å². The average Bonchev–Trinajstić information content (AvgIpc) is 3.41. The number of rotatable bonds is 34. The van der Waals surface area contributed by atoms with Crippen molar-refractivity contribution < 1.29 is 4.74 Å². The molecule has 0 atom stereocenters. The molecule has 4 aliphatic rings. The molecule has 0 unspecified atom stereocenters. The van der Waals surface area contributed by atoms with Gasteiger partial charge in [0, 0.05) is 0 Å². The fourth-order valence-corrected chi connectivity index (χ4v) is 14.5. The second-order valence-electron chi connectivity index (χ2n) is 24.9. The molecule has 2 aromatic carbocycles. The van der Waals surface area contributed by atoms with Crippen LogP contribution in [0.5, 0.6) is 0 Å². The van der Waals surface area contributed by atoms with Crippen LogP contribution in [0.4, 0.5) is 0 Å². The van der Waals surface area contributed by atoms with Crippen molar-refractivity contribution in [1.82, 2.24) is 0 Å². The largest absolute Gasteiger partial charge is 0.373 e. The van der Waals surface area contributed by atoms with E-state index in [1.165, 1.54) is 268 Å². The highest BCUT2D eigenvalue weighted by Crippen LogP contribution is 2.42. The number of unbranched alkanes of at least 4 members (excludes halogenated alkanes) is 12. The topological polar surface area (TPSA) is 9.23 Å². The first-order valence-electron chi connectivity index (χ1n) is 32.2. The van der Waals surface area contributed by atoms with Crippen LogP contribution in [0, 0.1) is 47.3 Å². The third kappa shape index (κ3) is 21.9. The maximum Gasteiger partial charge on any atom is 0.0657 e. The normalized spacial score (nSPS) is 25.7. The first-order chi connectivity index (χ1) is 35.0. The molecular formula is C70H114O. The zero-order valence-corrected chi connectivity index (χ0v) is 47.5. The predicted molar refractivity (Wildman–Crippen MR) is 313 cm³/mol. The van der Waals surface area contributed by atoms with Crippen molar-refractivity contribution in [2.45, 2.75) is 285 Å². The summed E-state index contributed by atoms with van der Waals surface area (Å²) in [6, 6.07) is 19.9. The van der Waals surface area contributed by atoms with E-state index in [0.29, 0.717) is 25.0 Å². The number of hydrogen-bond donors (Lipinski definition) is 0. The minimum absolute atomic E-state index is 0.658. The van der Waals surface area contributed by atoms with Crippen LogP contribution in [0.25, 0.3) is 11.1 Å². The molecule has 0 N–H and O–H groups in total. The molecule has 0 heterocycles. The molecule has 2 aromatic rings. The molecule has 0 bridgehead atoms. The summed E-state index contributed by atoms with van der Waals surface area (Å²) in [5.74, 6) is 7.07. The van der Waals surface area contributed by atoms with Crippen molar-refractivity contribution in [2.24, 2.45) is 47.3 Å². The van der Waals surface area contributed by atoms with Gasteiger partial charge < -0.3 is 4.74 Å². The van der Waals surface area contributed by atoms with Crippen LogP contribution in [-0.2, 0) is 17.6 Å². The molecule has 0 amide bonds. The molecule has 0 aliphatic heterocycles. The Labute approximate surface area is 441 Å². The van der Waals surface area contributed by atoms with Crippen LogP contribution in [0.15, 0.2) is 60.7 Å². The van der Waals surface area contributed by atoms with Crippen molar-refractivity contribution in [3.8, 4) is 0 Å². The summed E-state index contributed by atoms with van der Waals surface area (Å²) in [5, 5.41) is 0. The van der Waals surface area contributed by atoms with Crippen LogP contribution in [-0.4, -0.2) is 13.2 Å². The van der Waals surface area contributed by atoms with Crippen LogP contribution >= 0.6 is 0 Å². The van der Waals surface area contributed by atoms with Gasteiger partial charge in [-0.2, -0.15) is 0 Å². The molecule has 4 fully saturated rings. The van der Waals surface area contributed by atoms with E-state index in [9.17, 15) is 0 Å². The van der Waals surface area contributed by atoms with Gasteiger partial charge in [-0.1, -0.05) is 268 Å². The third-order valence-electron chi connectivity index (χ3n) is 19.5. The average molecular weight is 972 g/mol. The van der Waals surface area contributed by atoms with E-state index < -0.39 is 0 Å². The van der Waals surface area contributed by atoms with E-state index in [1.807, 2.05) is 0 Å². The fourth-order valence-electron chi connectivity index (χ4n) is 14.5. The first-order valence-corrected chi connectivity index (χ1v) is 32.2. The summed E-state index contributed by atoms with van der Waals surface area (Å²) in [6.45, 7) is 10.8. The highest BCUT2D eigenvalue weighted by Gasteiger charge is 2.27. The maximum absolute atomic E-state index is 6.69. The van der Waals surface area contributed by atoms with Crippen molar-refractivity contribution in [2.75, 3.05) is 13.2 Å². The summed E-state index contributed by atoms with van der Waals surface area (Å²) in [6.07, 6.45) is 61.6. The number of hydrogen-bond acceptors (Lipinski definition) is 1. The SMILES string of the molecule is CCCCCCCC1CCC(CCc2ccc(C(=CCOCC=C(c3ccc(CCC4CCC(CCCCCCC)CC4)cc3)C3CCC(CCCCC)CC3)C3CCC(CCCCC)CC3)cc2)CC1. The van der Waals surface area contributed by atoms with Crippen molar-refractivity contribution in [3.05, 3.63) is 82.9 Å². The van der Waals surface area contributed by atoms with E-state index in [0.717, 1.165) is 35.5 Å². The molecule has 0 radical (unpaired) electrons. The van der Waals surface area contributed by atoms with Gasteiger partial charge in [0.25, 0.3) is 0 Å². The molecule has 0 spiro atoms. The maximum atomic E-state index is 6.69.